The number of carbonyl (C=O) groups excluding carboxylic acids is 3. The van der Waals surface area contributed by atoms with Crippen LogP contribution in [0.15, 0.2) is 12.2 Å². The Hall–Kier alpha value is -2.09. The molecule has 0 aliphatic carbocycles. The minimum atomic E-state index is -0.591. The highest BCUT2D eigenvalue weighted by atomic mass is 16.5. The zero-order chi connectivity index (χ0) is 24.8. The lowest BCUT2D eigenvalue weighted by Crippen LogP contribution is -2.58. The Kier molecular flexibility index (Phi) is 8.73. The van der Waals surface area contributed by atoms with Gasteiger partial charge in [0.05, 0.1) is 12.0 Å². The highest BCUT2D eigenvalue weighted by molar-refractivity contribution is 5.90. The summed E-state index contributed by atoms with van der Waals surface area (Å²) >= 11 is 0. The van der Waals surface area contributed by atoms with Gasteiger partial charge in [-0.25, -0.2) is 4.79 Å². The third-order valence-electron chi connectivity index (χ3n) is 8.34. The highest BCUT2D eigenvalue weighted by Crippen LogP contribution is 2.37. The maximum Gasteiger partial charge on any atom is 0.319 e. The van der Waals surface area contributed by atoms with Crippen LogP contribution in [-0.4, -0.2) is 79.1 Å². The number of rotatable bonds is 2. The largest absolute Gasteiger partial charge is 0.381 e. The molecule has 4 amide bonds. The molecule has 4 rings (SSSR count). The Balaban J connectivity index is 1.50. The van der Waals surface area contributed by atoms with Gasteiger partial charge in [-0.15, -0.1) is 0 Å². The average molecular weight is 489 g/mol. The molecular weight excluding hydrogens is 444 g/mol. The maximum absolute atomic E-state index is 13.7. The van der Waals surface area contributed by atoms with Crippen LogP contribution in [0.3, 0.4) is 0 Å². The van der Waals surface area contributed by atoms with Crippen molar-refractivity contribution in [2.75, 3.05) is 39.4 Å². The molecule has 0 bridgehead atoms. The van der Waals surface area contributed by atoms with Crippen molar-refractivity contribution in [2.24, 2.45) is 17.3 Å². The van der Waals surface area contributed by atoms with Crippen molar-refractivity contribution in [3.05, 3.63) is 12.2 Å². The van der Waals surface area contributed by atoms with Gasteiger partial charge in [-0.05, 0) is 63.7 Å². The first-order valence-corrected chi connectivity index (χ1v) is 13.8. The van der Waals surface area contributed by atoms with Crippen molar-refractivity contribution in [3.8, 4) is 0 Å². The number of amides is 4. The fraction of sp³-hybridized carbons (Fsp3) is 0.815. The first-order valence-electron chi connectivity index (χ1n) is 13.8. The second-order valence-corrected chi connectivity index (χ2v) is 11.4. The summed E-state index contributed by atoms with van der Waals surface area (Å²) in [6.45, 7) is 8.29. The van der Waals surface area contributed by atoms with Crippen LogP contribution in [0.25, 0.3) is 0 Å². The zero-order valence-electron chi connectivity index (χ0n) is 21.6. The van der Waals surface area contributed by atoms with E-state index in [0.29, 0.717) is 52.0 Å². The molecule has 4 aliphatic heterocycles. The van der Waals surface area contributed by atoms with Gasteiger partial charge in [-0.1, -0.05) is 26.0 Å². The molecule has 4 aliphatic rings. The van der Waals surface area contributed by atoms with Gasteiger partial charge in [-0.3, -0.25) is 9.59 Å². The van der Waals surface area contributed by atoms with Gasteiger partial charge in [0.1, 0.15) is 6.04 Å². The highest BCUT2D eigenvalue weighted by Gasteiger charge is 2.43. The molecule has 3 fully saturated rings. The fourth-order valence-electron chi connectivity index (χ4n) is 6.03. The minimum Gasteiger partial charge on any atom is -0.381 e. The Morgan fingerprint density at radius 1 is 1.06 bits per heavy atom. The molecule has 0 aromatic heterocycles. The van der Waals surface area contributed by atoms with Crippen molar-refractivity contribution in [3.63, 3.8) is 0 Å². The lowest BCUT2D eigenvalue weighted by molar-refractivity contribution is -0.138. The lowest BCUT2D eigenvalue weighted by atomic mass is 9.74. The molecule has 1 spiro atoms. The summed E-state index contributed by atoms with van der Waals surface area (Å²) in [6, 6.07) is -0.353. The number of likely N-dealkylation sites (tertiary alicyclic amines) is 2. The van der Waals surface area contributed by atoms with E-state index < -0.39 is 11.5 Å². The van der Waals surface area contributed by atoms with Crippen molar-refractivity contribution in [1.29, 1.82) is 0 Å². The van der Waals surface area contributed by atoms with Crippen LogP contribution in [0, 0.1) is 17.3 Å². The van der Waals surface area contributed by atoms with E-state index in [4.69, 9.17) is 4.74 Å². The van der Waals surface area contributed by atoms with E-state index in [1.807, 2.05) is 9.80 Å². The van der Waals surface area contributed by atoms with Crippen LogP contribution >= 0.6 is 0 Å². The van der Waals surface area contributed by atoms with Gasteiger partial charge in [0.15, 0.2) is 0 Å². The Morgan fingerprint density at radius 3 is 2.49 bits per heavy atom. The third kappa shape index (κ3) is 6.38. The normalized spacial score (nSPS) is 31.1. The predicted octanol–water partition coefficient (Wildman–Crippen LogP) is 3.08. The van der Waals surface area contributed by atoms with Crippen molar-refractivity contribution in [1.82, 2.24) is 20.4 Å². The number of nitrogens with one attached hydrogen (secondary N) is 2. The van der Waals surface area contributed by atoms with Crippen LogP contribution in [-0.2, 0) is 14.3 Å². The maximum atomic E-state index is 13.7. The molecule has 8 nitrogen and oxygen atoms in total. The van der Waals surface area contributed by atoms with Crippen LogP contribution < -0.4 is 10.6 Å². The zero-order valence-corrected chi connectivity index (χ0v) is 21.6. The van der Waals surface area contributed by atoms with Crippen LogP contribution in [0.4, 0.5) is 4.79 Å². The Labute approximate surface area is 210 Å². The van der Waals surface area contributed by atoms with Gasteiger partial charge in [-0.2, -0.15) is 0 Å². The van der Waals surface area contributed by atoms with Crippen LogP contribution in [0.2, 0.25) is 0 Å². The number of carbonyl (C=O) groups is 3. The quantitative estimate of drug-likeness (QED) is 0.585. The fourth-order valence-corrected chi connectivity index (χ4v) is 6.03. The molecule has 0 radical (unpaired) electrons. The molecule has 3 saturated heterocycles. The average Bonchev–Trinajstić information content (AvgIpc) is 2.86. The van der Waals surface area contributed by atoms with Crippen molar-refractivity contribution < 1.29 is 19.1 Å². The van der Waals surface area contributed by atoms with Crippen LogP contribution in [0.5, 0.6) is 0 Å². The van der Waals surface area contributed by atoms with E-state index in [0.717, 1.165) is 38.8 Å². The minimum absolute atomic E-state index is 0.0443. The molecule has 2 N–H and O–H groups in total. The molecule has 0 aromatic rings. The molecule has 8 heteroatoms. The van der Waals surface area contributed by atoms with E-state index in [1.165, 1.54) is 6.42 Å². The summed E-state index contributed by atoms with van der Waals surface area (Å²) in [5.41, 5.74) is -0.591. The number of nitrogens with zero attached hydrogens (tertiary/aromatic N) is 2. The topological polar surface area (TPSA) is 91.0 Å². The van der Waals surface area contributed by atoms with Gasteiger partial charge in [0.25, 0.3) is 0 Å². The monoisotopic (exact) mass is 488 g/mol. The first-order chi connectivity index (χ1) is 16.9. The summed E-state index contributed by atoms with van der Waals surface area (Å²) in [6.07, 6.45) is 11.8. The number of allylic oxidation sites excluding steroid dienone is 2. The number of hydrogen-bond donors (Lipinski definition) is 2. The van der Waals surface area contributed by atoms with Crippen molar-refractivity contribution in [2.45, 2.75) is 83.7 Å². The van der Waals surface area contributed by atoms with Gasteiger partial charge < -0.3 is 25.2 Å². The molecule has 35 heavy (non-hydrogen) atoms. The molecular formula is C27H44N4O4. The summed E-state index contributed by atoms with van der Waals surface area (Å²) in [7, 11) is 0. The second kappa shape index (κ2) is 11.8. The van der Waals surface area contributed by atoms with Gasteiger partial charge >= 0.3 is 6.03 Å². The summed E-state index contributed by atoms with van der Waals surface area (Å²) < 4.78 is 5.70. The molecule has 4 heterocycles. The number of ether oxygens (including phenoxy) is 1. The first kappa shape index (κ1) is 26.0. The van der Waals surface area contributed by atoms with Gasteiger partial charge in [0.2, 0.25) is 11.8 Å². The lowest BCUT2D eigenvalue weighted by Gasteiger charge is -2.43. The number of piperidine rings is 2. The molecule has 0 aromatic carbocycles. The molecule has 3 atom stereocenters. The molecule has 196 valence electrons. The van der Waals surface area contributed by atoms with E-state index in [9.17, 15) is 14.4 Å². The van der Waals surface area contributed by atoms with Crippen LogP contribution in [0.1, 0.15) is 71.6 Å². The number of urea groups is 1. The Morgan fingerprint density at radius 2 is 1.77 bits per heavy atom. The number of hydrogen-bond acceptors (Lipinski definition) is 4. The standard InChI is InChI=1S/C27H44N4O4/c1-20(2)18-23-24(32)28-22-9-17-35-19-21(22)8-4-5-10-27(25(33)29-23)11-15-31(16-12-27)26(34)30-13-6-3-7-14-30/h4-5,20-23H,3,6-19H2,1-2H3,(H,28,32)(H,29,33)/b5-4+/t21-,22+,23+/m0/s1. The van der Waals surface area contributed by atoms with E-state index in [1.54, 1.807) is 0 Å². The summed E-state index contributed by atoms with van der Waals surface area (Å²) in [5, 5.41) is 6.39. The SMILES string of the molecule is CC(C)C[C@H]1NC(=O)C2(C/C=C/C[C@H]3COCC[C@H]3NC1=O)CCN(C(=O)N1CCCCC1)CC2. The third-order valence-corrected chi connectivity index (χ3v) is 8.34. The predicted molar refractivity (Wildman–Crippen MR) is 135 cm³/mol. The van der Waals surface area contributed by atoms with E-state index >= 15 is 0 Å². The van der Waals surface area contributed by atoms with E-state index in [-0.39, 0.29) is 35.7 Å². The summed E-state index contributed by atoms with van der Waals surface area (Å²) in [4.78, 5) is 44.0. The molecule has 0 unspecified atom stereocenters. The van der Waals surface area contributed by atoms with Gasteiger partial charge in [0, 0.05) is 44.7 Å². The van der Waals surface area contributed by atoms with Crippen molar-refractivity contribution >= 4 is 17.8 Å². The van der Waals surface area contributed by atoms with E-state index in [2.05, 4.69) is 36.6 Å². The smallest absolute Gasteiger partial charge is 0.319 e. The number of fused-ring (bicyclic) bond motifs is 1. The Bertz CT molecular complexity index is 784. The molecule has 0 saturated carbocycles. The summed E-state index contributed by atoms with van der Waals surface area (Å²) in [5.74, 6) is 0.404. The second-order valence-electron chi connectivity index (χ2n) is 11.4.